The van der Waals surface area contributed by atoms with Crippen molar-refractivity contribution >= 4 is 0 Å². The van der Waals surface area contributed by atoms with E-state index >= 15 is 0 Å². The number of nitrogens with zero attached hydrogens (tertiary/aromatic N) is 3. The molecule has 0 aliphatic rings. The van der Waals surface area contributed by atoms with E-state index in [-0.39, 0.29) is 0 Å². The highest BCUT2D eigenvalue weighted by Crippen LogP contribution is 2.16. The molecular formula is C20H24N4. The number of pyridine rings is 1. The summed E-state index contributed by atoms with van der Waals surface area (Å²) in [6.45, 7) is 10.2. The van der Waals surface area contributed by atoms with Crippen LogP contribution in [0.25, 0.3) is 5.82 Å². The van der Waals surface area contributed by atoms with Gasteiger partial charge in [0.15, 0.2) is 0 Å². The van der Waals surface area contributed by atoms with Gasteiger partial charge in [-0.15, -0.1) is 0 Å². The first kappa shape index (κ1) is 16.4. The summed E-state index contributed by atoms with van der Waals surface area (Å²) in [5.74, 6) is 1.85. The van der Waals surface area contributed by atoms with Crippen LogP contribution in [0.5, 0.6) is 0 Å². The SMILES string of the molecule is Cc1cc(C)c(CNCc2ccc(-n3ccnc3C)nc2)c(C)c1. The molecule has 3 rings (SSSR count). The van der Waals surface area contributed by atoms with Crippen molar-refractivity contribution in [3.05, 3.63) is 76.5 Å². The monoisotopic (exact) mass is 320 g/mol. The van der Waals surface area contributed by atoms with E-state index < -0.39 is 0 Å². The van der Waals surface area contributed by atoms with Crippen LogP contribution in [0.3, 0.4) is 0 Å². The van der Waals surface area contributed by atoms with Gasteiger partial charge < -0.3 is 5.32 Å². The summed E-state index contributed by atoms with van der Waals surface area (Å²) in [7, 11) is 0. The van der Waals surface area contributed by atoms with E-state index in [0.29, 0.717) is 0 Å². The van der Waals surface area contributed by atoms with Crippen LogP contribution in [-0.2, 0) is 13.1 Å². The second kappa shape index (κ2) is 6.97. The van der Waals surface area contributed by atoms with Crippen molar-refractivity contribution in [3.8, 4) is 5.82 Å². The van der Waals surface area contributed by atoms with Crippen molar-refractivity contribution in [2.45, 2.75) is 40.8 Å². The van der Waals surface area contributed by atoms with Crippen LogP contribution in [-0.4, -0.2) is 14.5 Å². The molecule has 0 spiro atoms. The summed E-state index contributed by atoms with van der Waals surface area (Å²) in [6, 6.07) is 8.64. The van der Waals surface area contributed by atoms with Crippen LogP contribution in [0, 0.1) is 27.7 Å². The van der Waals surface area contributed by atoms with Gasteiger partial charge >= 0.3 is 0 Å². The van der Waals surface area contributed by atoms with E-state index in [1.807, 2.05) is 30.0 Å². The summed E-state index contributed by atoms with van der Waals surface area (Å²) >= 11 is 0. The molecule has 0 saturated heterocycles. The zero-order chi connectivity index (χ0) is 17.1. The van der Waals surface area contributed by atoms with Gasteiger partial charge in [0.1, 0.15) is 11.6 Å². The maximum Gasteiger partial charge on any atom is 0.137 e. The molecule has 0 bridgehead atoms. The lowest BCUT2D eigenvalue weighted by molar-refractivity contribution is 0.685. The Balaban J connectivity index is 1.63. The molecule has 0 aliphatic heterocycles. The minimum atomic E-state index is 0.808. The molecule has 4 heteroatoms. The van der Waals surface area contributed by atoms with Crippen molar-refractivity contribution in [2.75, 3.05) is 0 Å². The summed E-state index contributed by atoms with van der Waals surface area (Å²) in [5, 5.41) is 3.53. The fraction of sp³-hybridized carbons (Fsp3) is 0.300. The highest BCUT2D eigenvalue weighted by atomic mass is 15.1. The minimum Gasteiger partial charge on any atom is -0.309 e. The molecule has 0 unspecified atom stereocenters. The average molecular weight is 320 g/mol. The summed E-state index contributed by atoms with van der Waals surface area (Å²) in [6.07, 6.45) is 5.65. The Morgan fingerprint density at radius 1 is 0.958 bits per heavy atom. The Hall–Kier alpha value is -2.46. The molecule has 0 saturated carbocycles. The standard InChI is InChI=1S/C20H24N4/c1-14-9-15(2)19(16(3)10-14)13-21-11-18-5-6-20(23-12-18)24-8-7-22-17(24)4/h5-10,12,21H,11,13H2,1-4H3. The topological polar surface area (TPSA) is 42.7 Å². The van der Waals surface area contributed by atoms with Gasteiger partial charge in [0.25, 0.3) is 0 Å². The number of hydrogen-bond donors (Lipinski definition) is 1. The Bertz CT molecular complexity index is 808. The predicted molar refractivity (Wildman–Crippen MR) is 97.3 cm³/mol. The molecule has 24 heavy (non-hydrogen) atoms. The second-order valence-electron chi connectivity index (χ2n) is 6.35. The first-order valence-corrected chi connectivity index (χ1v) is 8.27. The third kappa shape index (κ3) is 3.54. The number of rotatable bonds is 5. The van der Waals surface area contributed by atoms with Crippen LogP contribution in [0.1, 0.15) is 33.6 Å². The lowest BCUT2D eigenvalue weighted by Gasteiger charge is -2.12. The van der Waals surface area contributed by atoms with Crippen LogP contribution < -0.4 is 5.32 Å². The van der Waals surface area contributed by atoms with E-state index in [1.165, 1.54) is 27.8 Å². The van der Waals surface area contributed by atoms with Gasteiger partial charge in [-0.2, -0.15) is 0 Å². The number of benzene rings is 1. The first-order valence-electron chi connectivity index (χ1n) is 8.27. The minimum absolute atomic E-state index is 0.808. The van der Waals surface area contributed by atoms with E-state index in [9.17, 15) is 0 Å². The highest BCUT2D eigenvalue weighted by Gasteiger charge is 2.05. The quantitative estimate of drug-likeness (QED) is 0.778. The van der Waals surface area contributed by atoms with Crippen molar-refractivity contribution in [1.29, 1.82) is 0 Å². The molecule has 124 valence electrons. The summed E-state index contributed by atoms with van der Waals surface area (Å²) in [5.41, 5.74) is 6.59. The van der Waals surface area contributed by atoms with E-state index in [2.05, 4.69) is 54.3 Å². The van der Waals surface area contributed by atoms with E-state index in [1.54, 1.807) is 6.20 Å². The second-order valence-corrected chi connectivity index (χ2v) is 6.35. The molecule has 1 aromatic carbocycles. The molecule has 2 aromatic heterocycles. The molecule has 0 amide bonds. The molecule has 4 nitrogen and oxygen atoms in total. The molecule has 1 N–H and O–H groups in total. The first-order chi connectivity index (χ1) is 11.5. The predicted octanol–water partition coefficient (Wildman–Crippen LogP) is 3.79. The van der Waals surface area contributed by atoms with Gasteiger partial charge in [0.05, 0.1) is 0 Å². The normalized spacial score (nSPS) is 11.0. The fourth-order valence-corrected chi connectivity index (χ4v) is 3.10. The Kier molecular flexibility index (Phi) is 4.76. The number of imidazole rings is 1. The molecule has 0 aliphatic carbocycles. The number of aryl methyl sites for hydroxylation is 4. The smallest absolute Gasteiger partial charge is 0.137 e. The third-order valence-electron chi connectivity index (χ3n) is 4.35. The Morgan fingerprint density at radius 3 is 2.29 bits per heavy atom. The van der Waals surface area contributed by atoms with E-state index in [4.69, 9.17) is 0 Å². The zero-order valence-electron chi connectivity index (χ0n) is 14.8. The molecular weight excluding hydrogens is 296 g/mol. The fourth-order valence-electron chi connectivity index (χ4n) is 3.10. The lowest BCUT2D eigenvalue weighted by Crippen LogP contribution is -2.15. The van der Waals surface area contributed by atoms with Gasteiger partial charge in [0, 0.05) is 31.7 Å². The van der Waals surface area contributed by atoms with E-state index in [0.717, 1.165) is 24.7 Å². The maximum absolute atomic E-state index is 4.54. The van der Waals surface area contributed by atoms with Gasteiger partial charge in [-0.25, -0.2) is 9.97 Å². The van der Waals surface area contributed by atoms with Crippen LogP contribution >= 0.6 is 0 Å². The zero-order valence-corrected chi connectivity index (χ0v) is 14.8. The molecule has 0 atom stereocenters. The molecule has 3 aromatic rings. The van der Waals surface area contributed by atoms with Gasteiger partial charge in [-0.3, -0.25) is 4.57 Å². The maximum atomic E-state index is 4.54. The Morgan fingerprint density at radius 2 is 1.71 bits per heavy atom. The van der Waals surface area contributed by atoms with Gasteiger partial charge in [-0.05, 0) is 56.0 Å². The molecule has 0 radical (unpaired) electrons. The van der Waals surface area contributed by atoms with Crippen molar-refractivity contribution < 1.29 is 0 Å². The van der Waals surface area contributed by atoms with Crippen molar-refractivity contribution in [2.24, 2.45) is 0 Å². The van der Waals surface area contributed by atoms with Crippen molar-refractivity contribution in [1.82, 2.24) is 19.9 Å². The third-order valence-corrected chi connectivity index (χ3v) is 4.35. The average Bonchev–Trinajstić information content (AvgIpc) is 2.96. The summed E-state index contributed by atoms with van der Waals surface area (Å²) < 4.78 is 1.98. The van der Waals surface area contributed by atoms with Gasteiger partial charge in [-0.1, -0.05) is 23.8 Å². The number of aromatic nitrogens is 3. The summed E-state index contributed by atoms with van der Waals surface area (Å²) in [4.78, 5) is 8.77. The van der Waals surface area contributed by atoms with Crippen LogP contribution in [0.15, 0.2) is 42.9 Å². The highest BCUT2D eigenvalue weighted by molar-refractivity contribution is 5.37. The molecule has 0 fully saturated rings. The van der Waals surface area contributed by atoms with Crippen LogP contribution in [0.2, 0.25) is 0 Å². The number of hydrogen-bond acceptors (Lipinski definition) is 3. The lowest BCUT2D eigenvalue weighted by atomic mass is 10.00. The number of nitrogens with one attached hydrogen (secondary N) is 1. The van der Waals surface area contributed by atoms with Gasteiger partial charge in [0.2, 0.25) is 0 Å². The molecule has 2 heterocycles. The largest absolute Gasteiger partial charge is 0.309 e. The van der Waals surface area contributed by atoms with Crippen LogP contribution in [0.4, 0.5) is 0 Å². The Labute approximate surface area is 143 Å². The van der Waals surface area contributed by atoms with Crippen molar-refractivity contribution in [3.63, 3.8) is 0 Å².